The molecule has 0 bridgehead atoms. The molecule has 25 heavy (non-hydrogen) atoms. The first-order chi connectivity index (χ1) is 11.7. The quantitative estimate of drug-likeness (QED) is 0.846. The van der Waals surface area contributed by atoms with Crippen LogP contribution in [0.5, 0.6) is 0 Å². The number of hydrogen-bond acceptors (Lipinski definition) is 6. The molecule has 1 atom stereocenters. The second kappa shape index (κ2) is 6.55. The highest BCUT2D eigenvalue weighted by atomic mass is 32.2. The number of amides is 1. The van der Waals surface area contributed by atoms with Crippen LogP contribution in [0.2, 0.25) is 0 Å². The number of ether oxygens (including phenoxy) is 1. The van der Waals surface area contributed by atoms with Gasteiger partial charge in [-0.05, 0) is 12.8 Å². The molecule has 1 aromatic heterocycles. The average molecular weight is 366 g/mol. The number of aromatic nitrogens is 2. The molecule has 0 saturated heterocycles. The first-order valence-corrected chi connectivity index (χ1v) is 10.0. The van der Waals surface area contributed by atoms with Crippen LogP contribution in [0.4, 0.5) is 10.6 Å². The maximum atomic E-state index is 12.5. The number of hydrogen-bond donors (Lipinski definition) is 2. The summed E-state index contributed by atoms with van der Waals surface area (Å²) in [7, 11) is -1.10. The predicted octanol–water partition coefficient (Wildman–Crippen LogP) is 2.26. The van der Waals surface area contributed by atoms with Gasteiger partial charge in [-0.2, -0.15) is 0 Å². The van der Waals surface area contributed by atoms with E-state index in [0.717, 1.165) is 37.2 Å². The SMILES string of the molecule is CC(C)(C)c1nc2c(c(NC3(COC(N)=O)CCCC3)n1)S(=O)CC2. The highest BCUT2D eigenvalue weighted by Crippen LogP contribution is 2.37. The summed E-state index contributed by atoms with van der Waals surface area (Å²) in [6.45, 7) is 6.38. The van der Waals surface area contributed by atoms with Crippen molar-refractivity contribution in [1.82, 2.24) is 9.97 Å². The van der Waals surface area contributed by atoms with Gasteiger partial charge in [0.1, 0.15) is 23.1 Å². The molecule has 0 spiro atoms. The van der Waals surface area contributed by atoms with Crippen molar-refractivity contribution < 1.29 is 13.7 Å². The third-order valence-corrected chi connectivity index (χ3v) is 6.25. The van der Waals surface area contributed by atoms with Crippen molar-refractivity contribution in [3.63, 3.8) is 0 Å². The molecule has 1 aromatic rings. The number of rotatable bonds is 4. The summed E-state index contributed by atoms with van der Waals surface area (Å²) in [5.74, 6) is 1.94. The lowest BCUT2D eigenvalue weighted by atomic mass is 9.95. The summed E-state index contributed by atoms with van der Waals surface area (Å²) in [4.78, 5) is 21.2. The smallest absolute Gasteiger partial charge is 0.404 e. The summed E-state index contributed by atoms with van der Waals surface area (Å²) in [5, 5.41) is 3.48. The second-order valence-electron chi connectivity index (χ2n) is 7.94. The van der Waals surface area contributed by atoms with E-state index in [9.17, 15) is 9.00 Å². The van der Waals surface area contributed by atoms with Gasteiger partial charge in [0.25, 0.3) is 0 Å². The molecule has 1 unspecified atom stereocenters. The molecule has 2 heterocycles. The highest BCUT2D eigenvalue weighted by molar-refractivity contribution is 7.85. The molecule has 1 aliphatic heterocycles. The molecule has 3 N–H and O–H groups in total. The number of anilines is 1. The molecular formula is C17H26N4O3S. The van der Waals surface area contributed by atoms with Crippen LogP contribution in [0.25, 0.3) is 0 Å². The number of carbonyl (C=O) groups excluding carboxylic acids is 1. The molecular weight excluding hydrogens is 340 g/mol. The maximum absolute atomic E-state index is 12.5. The van der Waals surface area contributed by atoms with Crippen LogP contribution in [-0.2, 0) is 27.4 Å². The van der Waals surface area contributed by atoms with Crippen LogP contribution in [0.15, 0.2) is 4.90 Å². The first kappa shape index (κ1) is 18.1. The Balaban J connectivity index is 1.99. The molecule has 1 saturated carbocycles. The molecule has 1 amide bonds. The van der Waals surface area contributed by atoms with Crippen molar-refractivity contribution in [3.8, 4) is 0 Å². The van der Waals surface area contributed by atoms with Gasteiger partial charge in [0.2, 0.25) is 0 Å². The minimum atomic E-state index is -1.10. The van der Waals surface area contributed by atoms with Gasteiger partial charge in [0.05, 0.1) is 22.0 Å². The van der Waals surface area contributed by atoms with Crippen molar-refractivity contribution in [2.45, 2.75) is 68.7 Å². The summed E-state index contributed by atoms with van der Waals surface area (Å²) in [5.41, 5.74) is 5.41. The summed E-state index contributed by atoms with van der Waals surface area (Å²) in [6, 6.07) is 0. The number of fused-ring (bicyclic) bond motifs is 1. The van der Waals surface area contributed by atoms with Crippen LogP contribution >= 0.6 is 0 Å². The van der Waals surface area contributed by atoms with E-state index >= 15 is 0 Å². The Morgan fingerprint density at radius 3 is 2.60 bits per heavy atom. The summed E-state index contributed by atoms with van der Waals surface area (Å²) < 4.78 is 17.6. The number of aryl methyl sites for hydroxylation is 1. The van der Waals surface area contributed by atoms with E-state index < -0.39 is 22.4 Å². The zero-order valence-corrected chi connectivity index (χ0v) is 15.9. The van der Waals surface area contributed by atoms with E-state index in [1.807, 2.05) is 0 Å². The average Bonchev–Trinajstić information content (AvgIpc) is 3.12. The normalized spacial score (nSPS) is 21.8. The zero-order chi connectivity index (χ0) is 18.2. The van der Waals surface area contributed by atoms with Gasteiger partial charge in [0.15, 0.2) is 0 Å². The third-order valence-electron chi connectivity index (χ3n) is 4.79. The number of nitrogens with two attached hydrogens (primary N) is 1. The van der Waals surface area contributed by atoms with Gasteiger partial charge in [-0.25, -0.2) is 14.8 Å². The van der Waals surface area contributed by atoms with Crippen LogP contribution in [0, 0.1) is 0 Å². The molecule has 7 nitrogen and oxygen atoms in total. The van der Waals surface area contributed by atoms with Crippen molar-refractivity contribution in [1.29, 1.82) is 0 Å². The maximum Gasteiger partial charge on any atom is 0.404 e. The Morgan fingerprint density at radius 2 is 2.00 bits per heavy atom. The van der Waals surface area contributed by atoms with E-state index in [2.05, 4.69) is 31.1 Å². The summed E-state index contributed by atoms with van der Waals surface area (Å²) >= 11 is 0. The van der Waals surface area contributed by atoms with Gasteiger partial charge in [0, 0.05) is 17.6 Å². The van der Waals surface area contributed by atoms with Gasteiger partial charge in [-0.3, -0.25) is 4.21 Å². The van der Waals surface area contributed by atoms with Gasteiger partial charge < -0.3 is 15.8 Å². The van der Waals surface area contributed by atoms with Crippen molar-refractivity contribution in [2.75, 3.05) is 17.7 Å². The van der Waals surface area contributed by atoms with Gasteiger partial charge in [-0.1, -0.05) is 33.6 Å². The molecule has 0 radical (unpaired) electrons. The molecule has 0 aromatic carbocycles. The predicted molar refractivity (Wildman–Crippen MR) is 96.1 cm³/mol. The Kier molecular flexibility index (Phi) is 4.74. The Bertz CT molecular complexity index is 709. The van der Waals surface area contributed by atoms with Crippen molar-refractivity contribution in [2.24, 2.45) is 5.73 Å². The standard InChI is InChI=1S/C17H26N4O3S/c1-16(2,3)14-19-11-6-9-25(23)12(11)13(20-14)21-17(7-4-5-8-17)10-24-15(18)22/h4-10H2,1-3H3,(H2,18,22)(H,19,20,21). The molecule has 3 rings (SSSR count). The number of nitrogens with one attached hydrogen (secondary N) is 1. The fourth-order valence-corrected chi connectivity index (χ4v) is 4.74. The summed E-state index contributed by atoms with van der Waals surface area (Å²) in [6.07, 6.45) is 3.72. The minimum absolute atomic E-state index is 0.193. The van der Waals surface area contributed by atoms with E-state index in [0.29, 0.717) is 22.9 Å². The first-order valence-electron chi connectivity index (χ1n) is 8.70. The molecule has 138 valence electrons. The van der Waals surface area contributed by atoms with Crippen LogP contribution in [0.3, 0.4) is 0 Å². The zero-order valence-electron chi connectivity index (χ0n) is 15.1. The van der Waals surface area contributed by atoms with Gasteiger partial charge in [-0.15, -0.1) is 0 Å². The number of carbonyl (C=O) groups is 1. The monoisotopic (exact) mass is 366 g/mol. The van der Waals surface area contributed by atoms with E-state index in [-0.39, 0.29) is 12.0 Å². The van der Waals surface area contributed by atoms with Crippen molar-refractivity contribution >= 4 is 22.7 Å². The Labute approximate surface area is 150 Å². The Hall–Kier alpha value is -1.70. The number of nitrogens with zero attached hydrogens (tertiary/aromatic N) is 2. The second-order valence-corrected chi connectivity index (χ2v) is 9.45. The highest BCUT2D eigenvalue weighted by Gasteiger charge is 2.38. The topological polar surface area (TPSA) is 107 Å². The van der Waals surface area contributed by atoms with Crippen LogP contribution < -0.4 is 11.1 Å². The largest absolute Gasteiger partial charge is 0.447 e. The molecule has 8 heteroatoms. The van der Waals surface area contributed by atoms with E-state index in [4.69, 9.17) is 15.5 Å². The molecule has 1 fully saturated rings. The number of primary amides is 1. The third kappa shape index (κ3) is 3.78. The fraction of sp³-hybridized carbons (Fsp3) is 0.706. The Morgan fingerprint density at radius 1 is 1.32 bits per heavy atom. The fourth-order valence-electron chi connectivity index (χ4n) is 3.43. The molecule has 1 aliphatic carbocycles. The lowest BCUT2D eigenvalue weighted by Crippen LogP contribution is -2.42. The van der Waals surface area contributed by atoms with Gasteiger partial charge >= 0.3 is 6.09 Å². The van der Waals surface area contributed by atoms with Crippen LogP contribution in [0.1, 0.15) is 58.0 Å². The van der Waals surface area contributed by atoms with E-state index in [1.54, 1.807) is 0 Å². The lowest BCUT2D eigenvalue weighted by molar-refractivity contribution is 0.132. The van der Waals surface area contributed by atoms with Crippen molar-refractivity contribution in [3.05, 3.63) is 11.5 Å². The molecule has 2 aliphatic rings. The van der Waals surface area contributed by atoms with E-state index in [1.165, 1.54) is 0 Å². The van der Waals surface area contributed by atoms with Crippen LogP contribution in [-0.4, -0.2) is 38.2 Å². The lowest BCUT2D eigenvalue weighted by Gasteiger charge is -2.31. The minimum Gasteiger partial charge on any atom is -0.447 e.